The molecule has 0 unspecified atom stereocenters. The highest BCUT2D eigenvalue weighted by Gasteiger charge is 2.28. The van der Waals surface area contributed by atoms with Gasteiger partial charge in [0.1, 0.15) is 6.26 Å². The molecule has 1 saturated heterocycles. The summed E-state index contributed by atoms with van der Waals surface area (Å²) >= 11 is 0. The summed E-state index contributed by atoms with van der Waals surface area (Å²) in [5, 5.41) is 3.70. The van der Waals surface area contributed by atoms with Crippen LogP contribution in [0.25, 0.3) is 11.5 Å². The first-order chi connectivity index (χ1) is 10.5. The van der Waals surface area contributed by atoms with Crippen molar-refractivity contribution in [1.29, 1.82) is 0 Å². The van der Waals surface area contributed by atoms with Crippen LogP contribution in [0.1, 0.15) is 26.0 Å². The molecule has 3 atom stereocenters. The van der Waals surface area contributed by atoms with Gasteiger partial charge >= 0.3 is 0 Å². The van der Waals surface area contributed by atoms with E-state index in [0.29, 0.717) is 23.9 Å². The average Bonchev–Trinajstić information content (AvgIpc) is 2.92. The molecule has 0 bridgehead atoms. The number of anilines is 1. The van der Waals surface area contributed by atoms with Crippen LogP contribution in [0.2, 0.25) is 0 Å². The van der Waals surface area contributed by atoms with Crippen LogP contribution in [0, 0.1) is 12.8 Å². The molecule has 0 saturated carbocycles. The number of oxazole rings is 1. The van der Waals surface area contributed by atoms with Crippen molar-refractivity contribution in [1.82, 2.24) is 9.88 Å². The third kappa shape index (κ3) is 3.17. The molecular formula is C18H25N3O. The van der Waals surface area contributed by atoms with Gasteiger partial charge in [-0.15, -0.1) is 0 Å². The van der Waals surface area contributed by atoms with Crippen molar-refractivity contribution in [3.63, 3.8) is 0 Å². The molecule has 4 nitrogen and oxygen atoms in total. The monoisotopic (exact) mass is 299 g/mol. The predicted octanol–water partition coefficient (Wildman–Crippen LogP) is 3.79. The number of nitrogens with zero attached hydrogens (tertiary/aromatic N) is 2. The first-order valence-electron chi connectivity index (χ1n) is 8.02. The minimum atomic E-state index is 0.507. The summed E-state index contributed by atoms with van der Waals surface area (Å²) < 4.78 is 5.50. The maximum atomic E-state index is 5.50. The highest BCUT2D eigenvalue weighted by atomic mass is 16.3. The summed E-state index contributed by atoms with van der Waals surface area (Å²) in [5.41, 5.74) is 3.07. The Morgan fingerprint density at radius 3 is 2.86 bits per heavy atom. The summed E-state index contributed by atoms with van der Waals surface area (Å²) in [6.45, 7) is 7.70. The van der Waals surface area contributed by atoms with E-state index in [0.717, 1.165) is 23.5 Å². The standard InChI is InChI=1S/C18H25N3O/c1-12-10-21(4)14(3)8-17(12)20-16-7-5-6-15(9-16)18-19-13(2)11-22-18/h5-7,9,11-12,14,17,20H,8,10H2,1-4H3/t12-,14+,17+/m0/s1. The van der Waals surface area contributed by atoms with Gasteiger partial charge in [0, 0.05) is 29.9 Å². The molecule has 1 aliphatic rings. The predicted molar refractivity (Wildman–Crippen MR) is 90.0 cm³/mol. The van der Waals surface area contributed by atoms with Crippen LogP contribution in [0.3, 0.4) is 0 Å². The highest BCUT2D eigenvalue weighted by molar-refractivity contribution is 5.61. The zero-order valence-electron chi connectivity index (χ0n) is 13.8. The van der Waals surface area contributed by atoms with E-state index in [4.69, 9.17) is 4.42 Å². The molecule has 2 heterocycles. The Balaban J connectivity index is 1.75. The number of aromatic nitrogens is 1. The molecule has 1 N–H and O–H groups in total. The normalized spacial score (nSPS) is 26.1. The van der Waals surface area contributed by atoms with Gasteiger partial charge in [-0.3, -0.25) is 0 Å². The van der Waals surface area contributed by atoms with E-state index in [1.807, 2.05) is 13.0 Å². The van der Waals surface area contributed by atoms with Gasteiger partial charge in [0.2, 0.25) is 5.89 Å². The molecule has 0 amide bonds. The number of likely N-dealkylation sites (tertiary alicyclic amines) is 1. The Labute approximate surface area is 132 Å². The Morgan fingerprint density at radius 1 is 1.32 bits per heavy atom. The molecule has 0 radical (unpaired) electrons. The van der Waals surface area contributed by atoms with Crippen molar-refractivity contribution < 1.29 is 4.42 Å². The van der Waals surface area contributed by atoms with Crippen molar-refractivity contribution in [2.24, 2.45) is 5.92 Å². The molecule has 1 aromatic carbocycles. The number of hydrogen-bond donors (Lipinski definition) is 1. The van der Waals surface area contributed by atoms with Gasteiger partial charge in [-0.05, 0) is 51.4 Å². The van der Waals surface area contributed by atoms with Gasteiger partial charge in [-0.2, -0.15) is 0 Å². The van der Waals surface area contributed by atoms with Crippen LogP contribution < -0.4 is 5.32 Å². The quantitative estimate of drug-likeness (QED) is 0.936. The van der Waals surface area contributed by atoms with Gasteiger partial charge in [0.15, 0.2) is 0 Å². The van der Waals surface area contributed by atoms with E-state index in [2.05, 4.69) is 54.3 Å². The molecule has 1 fully saturated rings. The van der Waals surface area contributed by atoms with E-state index in [-0.39, 0.29) is 0 Å². The van der Waals surface area contributed by atoms with Crippen molar-refractivity contribution in [3.05, 3.63) is 36.2 Å². The molecule has 118 valence electrons. The van der Waals surface area contributed by atoms with Crippen LogP contribution in [0.15, 0.2) is 34.9 Å². The van der Waals surface area contributed by atoms with Crippen molar-refractivity contribution in [3.8, 4) is 11.5 Å². The molecule has 3 rings (SSSR count). The number of aryl methyl sites for hydroxylation is 1. The molecule has 1 aliphatic heterocycles. The number of benzene rings is 1. The molecular weight excluding hydrogens is 274 g/mol. The van der Waals surface area contributed by atoms with Gasteiger partial charge < -0.3 is 14.6 Å². The Hall–Kier alpha value is -1.81. The highest BCUT2D eigenvalue weighted by Crippen LogP contribution is 2.27. The number of rotatable bonds is 3. The molecule has 0 aliphatic carbocycles. The SMILES string of the molecule is Cc1coc(-c2cccc(N[C@@H]3C[C@@H](C)N(C)C[C@@H]3C)c2)n1. The van der Waals surface area contributed by atoms with Crippen molar-refractivity contribution in [2.45, 2.75) is 39.3 Å². The van der Waals surface area contributed by atoms with Crippen LogP contribution in [0.4, 0.5) is 5.69 Å². The Morgan fingerprint density at radius 2 is 2.14 bits per heavy atom. The smallest absolute Gasteiger partial charge is 0.226 e. The average molecular weight is 299 g/mol. The van der Waals surface area contributed by atoms with Crippen LogP contribution in [0.5, 0.6) is 0 Å². The fraction of sp³-hybridized carbons (Fsp3) is 0.500. The summed E-state index contributed by atoms with van der Waals surface area (Å²) in [5.74, 6) is 1.32. The molecule has 0 spiro atoms. The largest absolute Gasteiger partial charge is 0.444 e. The lowest BCUT2D eigenvalue weighted by Crippen LogP contribution is -2.48. The van der Waals surface area contributed by atoms with Gasteiger partial charge in [0.25, 0.3) is 0 Å². The van der Waals surface area contributed by atoms with Crippen molar-refractivity contribution in [2.75, 3.05) is 18.9 Å². The zero-order chi connectivity index (χ0) is 15.7. The summed E-state index contributed by atoms with van der Waals surface area (Å²) in [4.78, 5) is 6.84. The van der Waals surface area contributed by atoms with Gasteiger partial charge in [-0.25, -0.2) is 4.98 Å². The van der Waals surface area contributed by atoms with E-state index >= 15 is 0 Å². The fourth-order valence-corrected chi connectivity index (χ4v) is 3.19. The second-order valence-corrected chi connectivity index (χ2v) is 6.63. The Kier molecular flexibility index (Phi) is 4.21. The van der Waals surface area contributed by atoms with Crippen LogP contribution >= 0.6 is 0 Å². The van der Waals surface area contributed by atoms with Crippen LogP contribution in [-0.4, -0.2) is 35.6 Å². The minimum absolute atomic E-state index is 0.507. The lowest BCUT2D eigenvalue weighted by molar-refractivity contribution is 0.145. The third-order valence-corrected chi connectivity index (χ3v) is 4.69. The van der Waals surface area contributed by atoms with E-state index in [9.17, 15) is 0 Å². The second-order valence-electron chi connectivity index (χ2n) is 6.63. The molecule has 22 heavy (non-hydrogen) atoms. The second kappa shape index (κ2) is 6.13. The van der Waals surface area contributed by atoms with E-state index < -0.39 is 0 Å². The van der Waals surface area contributed by atoms with E-state index in [1.165, 1.54) is 6.42 Å². The van der Waals surface area contributed by atoms with Crippen molar-refractivity contribution >= 4 is 5.69 Å². The Bertz CT molecular complexity index is 637. The first kappa shape index (κ1) is 15.1. The minimum Gasteiger partial charge on any atom is -0.444 e. The summed E-state index contributed by atoms with van der Waals surface area (Å²) in [6.07, 6.45) is 2.86. The van der Waals surface area contributed by atoms with Gasteiger partial charge in [-0.1, -0.05) is 13.0 Å². The number of hydrogen-bond acceptors (Lipinski definition) is 4. The maximum absolute atomic E-state index is 5.50. The van der Waals surface area contributed by atoms with E-state index in [1.54, 1.807) is 6.26 Å². The van der Waals surface area contributed by atoms with Gasteiger partial charge in [0.05, 0.1) is 5.69 Å². The summed E-state index contributed by atoms with van der Waals surface area (Å²) in [6, 6.07) is 9.46. The first-order valence-corrected chi connectivity index (χ1v) is 8.02. The topological polar surface area (TPSA) is 41.3 Å². The maximum Gasteiger partial charge on any atom is 0.226 e. The third-order valence-electron chi connectivity index (χ3n) is 4.69. The number of nitrogens with one attached hydrogen (secondary N) is 1. The number of piperidine rings is 1. The molecule has 4 heteroatoms. The fourth-order valence-electron chi connectivity index (χ4n) is 3.19. The molecule has 2 aromatic rings. The zero-order valence-corrected chi connectivity index (χ0v) is 13.8. The summed E-state index contributed by atoms with van der Waals surface area (Å²) in [7, 11) is 2.21. The lowest BCUT2D eigenvalue weighted by Gasteiger charge is -2.40. The lowest BCUT2D eigenvalue weighted by atomic mass is 9.89. The molecule has 1 aromatic heterocycles. The van der Waals surface area contributed by atoms with Crippen LogP contribution in [-0.2, 0) is 0 Å².